The van der Waals surface area contributed by atoms with Gasteiger partial charge in [0.2, 0.25) is 11.8 Å². The fourth-order valence-electron chi connectivity index (χ4n) is 3.27. The Balaban J connectivity index is 1.62. The summed E-state index contributed by atoms with van der Waals surface area (Å²) in [5, 5.41) is 5.64. The number of carbonyl (C=O) groups is 2. The van der Waals surface area contributed by atoms with Crippen molar-refractivity contribution in [2.75, 3.05) is 33.8 Å². The van der Waals surface area contributed by atoms with Crippen LogP contribution in [0.2, 0.25) is 0 Å². The van der Waals surface area contributed by atoms with Crippen LogP contribution in [0.4, 0.5) is 0 Å². The van der Waals surface area contributed by atoms with Gasteiger partial charge in [-0.2, -0.15) is 0 Å². The first-order valence-electron chi connectivity index (χ1n) is 9.52. The van der Waals surface area contributed by atoms with E-state index in [0.29, 0.717) is 26.2 Å². The molecule has 1 aromatic carbocycles. The number of methoxy groups -OCH3 is 1. The minimum atomic E-state index is -0.475. The third kappa shape index (κ3) is 5.65. The first-order chi connectivity index (χ1) is 14.1. The lowest BCUT2D eigenvalue weighted by atomic mass is 10.1. The lowest BCUT2D eigenvalue weighted by Gasteiger charge is -2.34. The van der Waals surface area contributed by atoms with Gasteiger partial charge < -0.3 is 15.0 Å². The van der Waals surface area contributed by atoms with E-state index in [1.165, 1.54) is 11.3 Å². The standard InChI is InChI=1S/C21H26N4O3S/c1-24(15-19-22-10-13-29-19)20(26)14-17-21(27)23-9-12-25(17)11-5-7-16-6-3-4-8-18(16)28-2/h3-8,10,13,17H,9,11-12,14-15H2,1-2H3,(H,23,27). The average Bonchev–Trinajstić information content (AvgIpc) is 3.23. The molecule has 0 bridgehead atoms. The minimum Gasteiger partial charge on any atom is -0.496 e. The zero-order valence-electron chi connectivity index (χ0n) is 16.7. The highest BCUT2D eigenvalue weighted by molar-refractivity contribution is 7.09. The normalized spacial score (nSPS) is 17.3. The van der Waals surface area contributed by atoms with Gasteiger partial charge in [-0.05, 0) is 6.07 Å². The number of nitrogens with one attached hydrogen (secondary N) is 1. The molecule has 2 aromatic rings. The van der Waals surface area contributed by atoms with Gasteiger partial charge in [0, 0.05) is 43.8 Å². The summed E-state index contributed by atoms with van der Waals surface area (Å²) in [5.41, 5.74) is 0.979. The highest BCUT2D eigenvalue weighted by atomic mass is 32.1. The van der Waals surface area contributed by atoms with Crippen LogP contribution in [0.5, 0.6) is 5.75 Å². The Hall–Kier alpha value is -2.71. The number of ether oxygens (including phenoxy) is 1. The van der Waals surface area contributed by atoms with E-state index in [1.54, 1.807) is 25.3 Å². The summed E-state index contributed by atoms with van der Waals surface area (Å²) in [6, 6.07) is 7.30. The zero-order chi connectivity index (χ0) is 20.6. The number of rotatable bonds is 8. The summed E-state index contributed by atoms with van der Waals surface area (Å²) in [7, 11) is 3.39. The molecule has 0 aliphatic carbocycles. The maximum atomic E-state index is 12.7. The van der Waals surface area contributed by atoms with E-state index in [0.717, 1.165) is 16.3 Å². The molecule has 1 unspecified atom stereocenters. The fourth-order valence-corrected chi connectivity index (χ4v) is 3.93. The zero-order valence-corrected chi connectivity index (χ0v) is 17.5. The fraction of sp³-hybridized carbons (Fsp3) is 0.381. The number of hydrogen-bond donors (Lipinski definition) is 1. The van der Waals surface area contributed by atoms with Crippen LogP contribution in [0.1, 0.15) is 17.0 Å². The van der Waals surface area contributed by atoms with E-state index in [2.05, 4.69) is 10.3 Å². The van der Waals surface area contributed by atoms with Gasteiger partial charge in [-0.15, -0.1) is 11.3 Å². The van der Waals surface area contributed by atoms with E-state index < -0.39 is 6.04 Å². The molecule has 0 spiro atoms. The van der Waals surface area contributed by atoms with Crippen molar-refractivity contribution in [2.24, 2.45) is 0 Å². The summed E-state index contributed by atoms with van der Waals surface area (Å²) < 4.78 is 5.36. The second-order valence-electron chi connectivity index (χ2n) is 6.83. The number of benzene rings is 1. The first-order valence-corrected chi connectivity index (χ1v) is 10.4. The second kappa shape index (κ2) is 10.2. The molecular weight excluding hydrogens is 388 g/mol. The van der Waals surface area contributed by atoms with Gasteiger partial charge in [0.1, 0.15) is 10.8 Å². The van der Waals surface area contributed by atoms with Crippen LogP contribution >= 0.6 is 11.3 Å². The first kappa shape index (κ1) is 21.0. The Kier molecular flexibility index (Phi) is 7.37. The number of nitrogens with zero attached hydrogens (tertiary/aromatic N) is 3. The highest BCUT2D eigenvalue weighted by Gasteiger charge is 2.31. The Morgan fingerprint density at radius 3 is 3.03 bits per heavy atom. The number of para-hydroxylation sites is 1. The van der Waals surface area contributed by atoms with Crippen molar-refractivity contribution in [3.05, 3.63) is 52.5 Å². The van der Waals surface area contributed by atoms with E-state index in [-0.39, 0.29) is 18.2 Å². The van der Waals surface area contributed by atoms with Crippen LogP contribution in [-0.2, 0) is 16.1 Å². The molecule has 1 N–H and O–H groups in total. The molecule has 1 saturated heterocycles. The van der Waals surface area contributed by atoms with E-state index >= 15 is 0 Å². The van der Waals surface area contributed by atoms with Crippen molar-refractivity contribution in [1.29, 1.82) is 0 Å². The van der Waals surface area contributed by atoms with Crippen molar-refractivity contribution in [1.82, 2.24) is 20.1 Å². The molecular formula is C21H26N4O3S. The monoisotopic (exact) mass is 414 g/mol. The average molecular weight is 415 g/mol. The van der Waals surface area contributed by atoms with Gasteiger partial charge in [0.15, 0.2) is 0 Å². The molecule has 1 atom stereocenters. The van der Waals surface area contributed by atoms with Crippen LogP contribution in [0.25, 0.3) is 6.08 Å². The van der Waals surface area contributed by atoms with Crippen LogP contribution in [-0.4, -0.2) is 66.4 Å². The number of piperazine rings is 1. The van der Waals surface area contributed by atoms with Crippen LogP contribution in [0.15, 0.2) is 41.9 Å². The highest BCUT2D eigenvalue weighted by Crippen LogP contribution is 2.19. The van der Waals surface area contributed by atoms with Crippen molar-refractivity contribution < 1.29 is 14.3 Å². The van der Waals surface area contributed by atoms with Crippen molar-refractivity contribution in [2.45, 2.75) is 19.0 Å². The summed E-state index contributed by atoms with van der Waals surface area (Å²) in [6.07, 6.45) is 5.87. The number of hydrogen-bond acceptors (Lipinski definition) is 6. The molecule has 0 saturated carbocycles. The topological polar surface area (TPSA) is 74.8 Å². The molecule has 2 amide bonds. The second-order valence-corrected chi connectivity index (χ2v) is 7.80. The molecule has 0 radical (unpaired) electrons. The Morgan fingerprint density at radius 1 is 1.45 bits per heavy atom. The van der Waals surface area contributed by atoms with Gasteiger partial charge >= 0.3 is 0 Å². The quantitative estimate of drug-likeness (QED) is 0.715. The Morgan fingerprint density at radius 2 is 2.28 bits per heavy atom. The predicted octanol–water partition coefficient (Wildman–Crippen LogP) is 2.01. The molecule has 154 valence electrons. The third-order valence-corrected chi connectivity index (χ3v) is 5.63. The van der Waals surface area contributed by atoms with E-state index in [4.69, 9.17) is 4.74 Å². The van der Waals surface area contributed by atoms with Gasteiger partial charge in [-0.3, -0.25) is 14.5 Å². The lowest BCUT2D eigenvalue weighted by molar-refractivity contribution is -0.138. The maximum Gasteiger partial charge on any atom is 0.237 e. The number of amides is 2. The van der Waals surface area contributed by atoms with Gasteiger partial charge in [0.25, 0.3) is 0 Å². The van der Waals surface area contributed by atoms with Crippen LogP contribution < -0.4 is 10.1 Å². The lowest BCUT2D eigenvalue weighted by Crippen LogP contribution is -2.56. The van der Waals surface area contributed by atoms with Crippen LogP contribution in [0.3, 0.4) is 0 Å². The van der Waals surface area contributed by atoms with Crippen LogP contribution in [0, 0.1) is 0 Å². The van der Waals surface area contributed by atoms with E-state index in [9.17, 15) is 9.59 Å². The van der Waals surface area contributed by atoms with Gasteiger partial charge in [-0.25, -0.2) is 4.98 Å². The smallest absolute Gasteiger partial charge is 0.237 e. The van der Waals surface area contributed by atoms with E-state index in [1.807, 2.05) is 46.7 Å². The van der Waals surface area contributed by atoms with Gasteiger partial charge in [-0.1, -0.05) is 30.4 Å². The SMILES string of the molecule is COc1ccccc1C=CCN1CCNC(=O)C1CC(=O)N(C)Cc1nccs1. The molecule has 8 heteroatoms. The molecule has 3 rings (SSSR count). The van der Waals surface area contributed by atoms with Gasteiger partial charge in [0.05, 0.1) is 26.1 Å². The molecule has 1 aliphatic heterocycles. The number of carbonyl (C=O) groups excluding carboxylic acids is 2. The summed E-state index contributed by atoms with van der Waals surface area (Å²) in [6.45, 7) is 2.33. The molecule has 1 aromatic heterocycles. The largest absolute Gasteiger partial charge is 0.496 e. The molecule has 1 aliphatic rings. The molecule has 29 heavy (non-hydrogen) atoms. The number of aromatic nitrogens is 1. The van der Waals surface area contributed by atoms with Crippen molar-refractivity contribution >= 4 is 29.2 Å². The Bertz CT molecular complexity index is 853. The summed E-state index contributed by atoms with van der Waals surface area (Å²) in [5.74, 6) is 0.634. The molecule has 2 heterocycles. The summed E-state index contributed by atoms with van der Waals surface area (Å²) >= 11 is 1.51. The molecule has 7 nitrogen and oxygen atoms in total. The van der Waals surface area contributed by atoms with Crippen molar-refractivity contribution in [3.63, 3.8) is 0 Å². The maximum absolute atomic E-state index is 12.7. The number of thiazole rings is 1. The predicted molar refractivity (Wildman–Crippen MR) is 114 cm³/mol. The third-order valence-electron chi connectivity index (χ3n) is 4.87. The minimum absolute atomic E-state index is 0.0686. The summed E-state index contributed by atoms with van der Waals surface area (Å²) in [4.78, 5) is 33.0. The van der Waals surface area contributed by atoms with Crippen molar-refractivity contribution in [3.8, 4) is 5.75 Å². The molecule has 1 fully saturated rings. The Labute approximate surface area is 175 Å².